The molecule has 0 aliphatic carbocycles. The van der Waals surface area contributed by atoms with E-state index in [-0.39, 0.29) is 12.4 Å². The Kier molecular flexibility index (Phi) is 4.03. The Morgan fingerprint density at radius 2 is 2.15 bits per heavy atom. The van der Waals surface area contributed by atoms with Gasteiger partial charge in [-0.2, -0.15) is 0 Å². The van der Waals surface area contributed by atoms with Crippen LogP contribution in [0.3, 0.4) is 0 Å². The molecule has 2 rings (SSSR count). The molecule has 4 heteroatoms. The van der Waals surface area contributed by atoms with Crippen LogP contribution in [0.2, 0.25) is 0 Å². The molecule has 1 N–H and O–H groups in total. The molecule has 0 bridgehead atoms. The summed E-state index contributed by atoms with van der Waals surface area (Å²) in [5.74, 6) is 1.02. The highest BCUT2D eigenvalue weighted by Crippen LogP contribution is 2.23. The third-order valence-electron chi connectivity index (χ3n) is 2.03. The molecule has 72 valence electrons. The molecule has 1 aliphatic rings. The van der Waals surface area contributed by atoms with E-state index in [1.54, 1.807) is 0 Å². The number of ether oxygens (including phenoxy) is 1. The van der Waals surface area contributed by atoms with E-state index in [1.807, 2.05) is 18.2 Å². The minimum absolute atomic E-state index is 0. The quantitative estimate of drug-likeness (QED) is 0.786. The standard InChI is InChI=1S/C9H10BrNO.ClH/c10-11-8-5-7-3-1-2-4-9(7)12-6-8;/h1-4,8,11H,5-6H2;1H. The Morgan fingerprint density at radius 1 is 1.38 bits per heavy atom. The van der Waals surface area contributed by atoms with Crippen molar-refractivity contribution in [3.05, 3.63) is 29.8 Å². The van der Waals surface area contributed by atoms with Crippen molar-refractivity contribution >= 4 is 28.6 Å². The molecule has 1 aliphatic heterocycles. The van der Waals surface area contributed by atoms with E-state index >= 15 is 0 Å². The van der Waals surface area contributed by atoms with E-state index in [9.17, 15) is 0 Å². The van der Waals surface area contributed by atoms with Crippen LogP contribution >= 0.6 is 28.6 Å². The summed E-state index contributed by atoms with van der Waals surface area (Å²) in [7, 11) is 0. The SMILES string of the molecule is BrNC1COc2ccccc2C1.Cl. The highest BCUT2D eigenvalue weighted by atomic mass is 79.9. The van der Waals surface area contributed by atoms with Gasteiger partial charge in [0.05, 0.1) is 6.04 Å². The molecule has 1 aromatic carbocycles. The first-order valence-corrected chi connectivity index (χ1v) is 4.76. The van der Waals surface area contributed by atoms with Crippen molar-refractivity contribution in [2.75, 3.05) is 6.61 Å². The highest BCUT2D eigenvalue weighted by molar-refractivity contribution is 9.08. The first-order chi connectivity index (χ1) is 5.90. The molecule has 1 unspecified atom stereocenters. The second-order valence-electron chi connectivity index (χ2n) is 2.93. The van der Waals surface area contributed by atoms with Crippen molar-refractivity contribution < 1.29 is 4.74 Å². The summed E-state index contributed by atoms with van der Waals surface area (Å²) in [6.07, 6.45) is 1.03. The molecule has 0 aromatic heterocycles. The second-order valence-corrected chi connectivity index (χ2v) is 3.39. The van der Waals surface area contributed by atoms with Gasteiger partial charge in [-0.15, -0.1) is 12.4 Å². The van der Waals surface area contributed by atoms with Crippen LogP contribution in [0, 0.1) is 0 Å². The van der Waals surface area contributed by atoms with Gasteiger partial charge in [0.2, 0.25) is 0 Å². The van der Waals surface area contributed by atoms with Gasteiger partial charge in [-0.1, -0.05) is 18.2 Å². The average molecular weight is 265 g/mol. The fraction of sp³-hybridized carbons (Fsp3) is 0.333. The minimum Gasteiger partial charge on any atom is -0.492 e. The maximum atomic E-state index is 5.53. The Morgan fingerprint density at radius 3 is 2.92 bits per heavy atom. The summed E-state index contributed by atoms with van der Waals surface area (Å²) >= 11 is 3.23. The lowest BCUT2D eigenvalue weighted by atomic mass is 10.0. The van der Waals surface area contributed by atoms with Crippen LogP contribution in [0.1, 0.15) is 5.56 Å². The van der Waals surface area contributed by atoms with Gasteiger partial charge in [0, 0.05) is 16.1 Å². The van der Waals surface area contributed by atoms with Crippen molar-refractivity contribution in [3.63, 3.8) is 0 Å². The van der Waals surface area contributed by atoms with Gasteiger partial charge in [-0.3, -0.25) is 0 Å². The second kappa shape index (κ2) is 4.84. The number of halogens is 2. The third kappa shape index (κ3) is 2.36. The Labute approximate surface area is 92.4 Å². The van der Waals surface area contributed by atoms with E-state index in [4.69, 9.17) is 4.74 Å². The van der Waals surface area contributed by atoms with Crippen LogP contribution in [0.25, 0.3) is 0 Å². The number of hydrogen-bond donors (Lipinski definition) is 1. The maximum Gasteiger partial charge on any atom is 0.122 e. The number of nitrogens with one attached hydrogen (secondary N) is 1. The molecular formula is C9H11BrClNO. The van der Waals surface area contributed by atoms with E-state index in [0.717, 1.165) is 18.8 Å². The molecule has 0 fully saturated rings. The maximum absolute atomic E-state index is 5.53. The first kappa shape index (κ1) is 10.8. The summed E-state index contributed by atoms with van der Waals surface area (Å²) in [5, 5.41) is 0. The summed E-state index contributed by atoms with van der Waals surface area (Å²) in [6.45, 7) is 0.738. The lowest BCUT2D eigenvalue weighted by molar-refractivity contribution is 0.257. The topological polar surface area (TPSA) is 21.3 Å². The average Bonchev–Trinajstić information content (AvgIpc) is 2.17. The van der Waals surface area contributed by atoms with Gasteiger partial charge in [-0.05, 0) is 18.1 Å². The molecule has 0 saturated heterocycles. The normalized spacial score (nSPS) is 19.6. The molecule has 1 aromatic rings. The predicted molar refractivity (Wildman–Crippen MR) is 58.7 cm³/mol. The van der Waals surface area contributed by atoms with E-state index < -0.39 is 0 Å². The molecule has 0 spiro atoms. The van der Waals surface area contributed by atoms with Crippen molar-refractivity contribution in [2.24, 2.45) is 0 Å². The monoisotopic (exact) mass is 263 g/mol. The Balaban J connectivity index is 0.000000845. The molecule has 0 saturated carbocycles. The number of hydrogen-bond acceptors (Lipinski definition) is 2. The van der Waals surface area contributed by atoms with Crippen LogP contribution in [0.15, 0.2) is 24.3 Å². The number of fused-ring (bicyclic) bond motifs is 1. The van der Waals surface area contributed by atoms with Crippen molar-refractivity contribution in [3.8, 4) is 5.75 Å². The van der Waals surface area contributed by atoms with Crippen molar-refractivity contribution in [1.29, 1.82) is 0 Å². The Hall–Kier alpha value is -0.250. The molecule has 0 radical (unpaired) electrons. The fourth-order valence-corrected chi connectivity index (χ4v) is 1.69. The van der Waals surface area contributed by atoms with Crippen LogP contribution in [0.4, 0.5) is 0 Å². The Bertz CT molecular complexity index is 282. The summed E-state index contributed by atoms with van der Waals surface area (Å²) in [6, 6.07) is 8.55. The molecule has 2 nitrogen and oxygen atoms in total. The van der Waals surface area contributed by atoms with Gasteiger partial charge in [-0.25, -0.2) is 4.34 Å². The molecular weight excluding hydrogens is 253 g/mol. The van der Waals surface area contributed by atoms with Crippen LogP contribution < -0.4 is 9.08 Å². The zero-order valence-electron chi connectivity index (χ0n) is 7.00. The fourth-order valence-electron chi connectivity index (χ4n) is 1.40. The van der Waals surface area contributed by atoms with Gasteiger partial charge in [0.15, 0.2) is 0 Å². The third-order valence-corrected chi connectivity index (χ3v) is 2.68. The van der Waals surface area contributed by atoms with Gasteiger partial charge < -0.3 is 4.74 Å². The predicted octanol–water partition coefficient (Wildman–Crippen LogP) is 2.31. The first-order valence-electron chi connectivity index (χ1n) is 3.97. The number of benzene rings is 1. The molecule has 1 atom stereocenters. The van der Waals surface area contributed by atoms with E-state index in [0.29, 0.717) is 6.04 Å². The summed E-state index contributed by atoms with van der Waals surface area (Å²) in [4.78, 5) is 0. The number of para-hydroxylation sites is 1. The molecule has 13 heavy (non-hydrogen) atoms. The number of rotatable bonds is 1. The molecule has 1 heterocycles. The zero-order chi connectivity index (χ0) is 8.39. The largest absolute Gasteiger partial charge is 0.492 e. The van der Waals surface area contributed by atoms with Gasteiger partial charge in [0.1, 0.15) is 12.4 Å². The van der Waals surface area contributed by atoms with E-state index in [1.165, 1.54) is 5.56 Å². The zero-order valence-corrected chi connectivity index (χ0v) is 9.40. The lowest BCUT2D eigenvalue weighted by Gasteiger charge is -2.23. The van der Waals surface area contributed by atoms with Crippen LogP contribution in [0.5, 0.6) is 5.75 Å². The van der Waals surface area contributed by atoms with Crippen LogP contribution in [-0.4, -0.2) is 12.6 Å². The van der Waals surface area contributed by atoms with Crippen molar-refractivity contribution in [2.45, 2.75) is 12.5 Å². The van der Waals surface area contributed by atoms with Crippen molar-refractivity contribution in [1.82, 2.24) is 4.34 Å². The van der Waals surface area contributed by atoms with Gasteiger partial charge >= 0.3 is 0 Å². The van der Waals surface area contributed by atoms with Crippen LogP contribution in [-0.2, 0) is 6.42 Å². The summed E-state index contributed by atoms with van der Waals surface area (Å²) in [5.41, 5.74) is 1.28. The minimum atomic E-state index is 0. The molecule has 0 amide bonds. The smallest absolute Gasteiger partial charge is 0.122 e. The summed E-state index contributed by atoms with van der Waals surface area (Å²) < 4.78 is 8.57. The van der Waals surface area contributed by atoms with E-state index in [2.05, 4.69) is 26.6 Å². The van der Waals surface area contributed by atoms with Gasteiger partial charge in [0.25, 0.3) is 0 Å². The highest BCUT2D eigenvalue weighted by Gasteiger charge is 2.17. The lowest BCUT2D eigenvalue weighted by Crippen LogP contribution is -2.33.